The maximum atomic E-state index is 12.8. The molecule has 0 fully saturated rings. The van der Waals surface area contributed by atoms with Gasteiger partial charge in [-0.05, 0) is 48.7 Å². The number of sulfonamides is 1. The summed E-state index contributed by atoms with van der Waals surface area (Å²) in [6, 6.07) is 10.8. The molecule has 0 aliphatic carbocycles. The molecule has 1 aromatic heterocycles. The first-order valence-electron chi connectivity index (χ1n) is 7.70. The predicted octanol–water partition coefficient (Wildman–Crippen LogP) is 2.65. The summed E-state index contributed by atoms with van der Waals surface area (Å²) < 4.78 is 42.3. The molecular weight excluding hydrogens is 363 g/mol. The minimum absolute atomic E-state index is 0.128. The van der Waals surface area contributed by atoms with Crippen molar-refractivity contribution < 1.29 is 12.8 Å². The van der Waals surface area contributed by atoms with Crippen LogP contribution in [0.1, 0.15) is 12.0 Å². The van der Waals surface area contributed by atoms with E-state index in [1.807, 2.05) is 0 Å². The molecule has 0 unspecified atom stereocenters. The van der Waals surface area contributed by atoms with Crippen LogP contribution in [0, 0.1) is 5.82 Å². The topological polar surface area (TPSA) is 68.2 Å². The van der Waals surface area contributed by atoms with Crippen LogP contribution in [0.15, 0.2) is 52.2 Å². The lowest BCUT2D eigenvalue weighted by atomic mass is 10.1. The first kappa shape index (κ1) is 17.8. The lowest BCUT2D eigenvalue weighted by Gasteiger charge is -2.07. The molecule has 0 atom stereocenters. The van der Waals surface area contributed by atoms with Crippen molar-refractivity contribution in [3.05, 3.63) is 63.5 Å². The van der Waals surface area contributed by atoms with Gasteiger partial charge < -0.3 is 4.57 Å². The quantitative estimate of drug-likeness (QED) is 0.669. The maximum absolute atomic E-state index is 12.8. The van der Waals surface area contributed by atoms with Gasteiger partial charge in [0.05, 0.1) is 15.1 Å². The molecule has 25 heavy (non-hydrogen) atoms. The van der Waals surface area contributed by atoms with Crippen LogP contribution in [0.5, 0.6) is 0 Å². The van der Waals surface area contributed by atoms with Crippen LogP contribution < -0.4 is 9.60 Å². The van der Waals surface area contributed by atoms with Gasteiger partial charge in [0.15, 0.2) is 0 Å². The summed E-state index contributed by atoms with van der Waals surface area (Å²) in [4.78, 5) is 11.7. The Kier molecular flexibility index (Phi) is 5.03. The van der Waals surface area contributed by atoms with Gasteiger partial charge in [-0.2, -0.15) is 0 Å². The largest absolute Gasteiger partial charge is 0.307 e. The maximum Gasteiger partial charge on any atom is 0.307 e. The van der Waals surface area contributed by atoms with Crippen molar-refractivity contribution in [1.29, 1.82) is 0 Å². The second-order valence-electron chi connectivity index (χ2n) is 5.68. The molecule has 2 aromatic carbocycles. The molecule has 0 saturated carbocycles. The second-order valence-corrected chi connectivity index (χ2v) is 8.44. The van der Waals surface area contributed by atoms with Crippen molar-refractivity contribution in [3.63, 3.8) is 0 Å². The van der Waals surface area contributed by atoms with Gasteiger partial charge in [0.1, 0.15) is 5.82 Å². The predicted molar refractivity (Wildman–Crippen MR) is 97.0 cm³/mol. The molecule has 0 aliphatic rings. The van der Waals surface area contributed by atoms with Crippen LogP contribution in [0.4, 0.5) is 4.39 Å². The number of aryl methyl sites for hydroxylation is 2. The van der Waals surface area contributed by atoms with E-state index in [9.17, 15) is 17.6 Å². The van der Waals surface area contributed by atoms with Gasteiger partial charge in [-0.1, -0.05) is 23.5 Å². The zero-order valence-electron chi connectivity index (χ0n) is 13.5. The number of aromatic nitrogens is 1. The Morgan fingerprint density at radius 2 is 1.88 bits per heavy atom. The van der Waals surface area contributed by atoms with Gasteiger partial charge in [0.2, 0.25) is 10.0 Å². The number of nitrogens with zero attached hydrogens (tertiary/aromatic N) is 1. The van der Waals surface area contributed by atoms with Gasteiger partial charge in [-0.25, -0.2) is 17.5 Å². The third-order valence-electron chi connectivity index (χ3n) is 3.92. The first-order valence-corrected chi connectivity index (χ1v) is 10.0. The van der Waals surface area contributed by atoms with Crippen molar-refractivity contribution in [2.45, 2.75) is 17.7 Å². The SMILES string of the molecule is Cn1c(=O)sc2cc(S(=O)(=O)NCCCc3ccc(F)cc3)ccc21. The lowest BCUT2D eigenvalue weighted by Crippen LogP contribution is -2.25. The molecule has 0 saturated heterocycles. The highest BCUT2D eigenvalue weighted by Gasteiger charge is 2.15. The molecule has 0 aliphatic heterocycles. The van der Waals surface area contributed by atoms with Crippen molar-refractivity contribution in [2.24, 2.45) is 7.05 Å². The Morgan fingerprint density at radius 1 is 1.16 bits per heavy atom. The fourth-order valence-corrected chi connectivity index (χ4v) is 4.61. The standard InChI is InChI=1S/C17H17FN2O3S2/c1-20-15-9-8-14(11-16(15)24-17(20)21)25(22,23)19-10-2-3-12-4-6-13(18)7-5-12/h4-9,11,19H,2-3,10H2,1H3. The summed E-state index contributed by atoms with van der Waals surface area (Å²) in [6.07, 6.45) is 1.26. The highest BCUT2D eigenvalue weighted by atomic mass is 32.2. The Morgan fingerprint density at radius 3 is 2.60 bits per heavy atom. The number of rotatable bonds is 6. The summed E-state index contributed by atoms with van der Waals surface area (Å²) in [7, 11) is -1.98. The second kappa shape index (κ2) is 7.07. The van der Waals surface area contributed by atoms with Crippen LogP contribution in [0.25, 0.3) is 10.2 Å². The van der Waals surface area contributed by atoms with E-state index in [1.165, 1.54) is 28.8 Å². The van der Waals surface area contributed by atoms with Gasteiger partial charge in [0.25, 0.3) is 0 Å². The molecule has 5 nitrogen and oxygen atoms in total. The van der Waals surface area contributed by atoms with Crippen molar-refractivity contribution >= 4 is 31.6 Å². The normalized spacial score (nSPS) is 11.9. The van der Waals surface area contributed by atoms with Crippen molar-refractivity contribution in [2.75, 3.05) is 6.54 Å². The van der Waals surface area contributed by atoms with Crippen molar-refractivity contribution in [3.8, 4) is 0 Å². The number of thiazole rings is 1. The summed E-state index contributed by atoms with van der Waals surface area (Å²) in [5, 5.41) is 0. The van der Waals surface area contributed by atoms with Gasteiger partial charge in [-0.3, -0.25) is 4.79 Å². The summed E-state index contributed by atoms with van der Waals surface area (Å²) in [5.74, 6) is -0.289. The van der Waals surface area contributed by atoms with Crippen LogP contribution in [-0.4, -0.2) is 19.5 Å². The van der Waals surface area contributed by atoms with E-state index in [0.717, 1.165) is 16.9 Å². The van der Waals surface area contributed by atoms with E-state index in [0.29, 0.717) is 23.1 Å². The molecular formula is C17H17FN2O3S2. The lowest BCUT2D eigenvalue weighted by molar-refractivity contribution is 0.579. The Hall–Kier alpha value is -2.03. The molecule has 0 radical (unpaired) electrons. The highest BCUT2D eigenvalue weighted by molar-refractivity contribution is 7.89. The van der Waals surface area contributed by atoms with Crippen LogP contribution >= 0.6 is 11.3 Å². The third kappa shape index (κ3) is 3.97. The third-order valence-corrected chi connectivity index (χ3v) is 6.38. The zero-order valence-corrected chi connectivity index (χ0v) is 15.2. The Labute approximate surface area is 148 Å². The van der Waals surface area contributed by atoms with E-state index in [4.69, 9.17) is 0 Å². The number of benzene rings is 2. The summed E-state index contributed by atoms with van der Waals surface area (Å²) in [5.41, 5.74) is 1.67. The molecule has 3 rings (SSSR count). The van der Waals surface area contributed by atoms with E-state index < -0.39 is 10.0 Å². The number of fused-ring (bicyclic) bond motifs is 1. The van der Waals surface area contributed by atoms with E-state index in [1.54, 1.807) is 25.2 Å². The summed E-state index contributed by atoms with van der Waals surface area (Å²) >= 11 is 1.02. The highest BCUT2D eigenvalue weighted by Crippen LogP contribution is 2.21. The molecule has 3 aromatic rings. The number of halogens is 1. The molecule has 8 heteroatoms. The molecule has 1 heterocycles. The van der Waals surface area contributed by atoms with Crippen LogP contribution in [0.2, 0.25) is 0 Å². The Bertz CT molecular complexity index is 1050. The Balaban J connectivity index is 1.65. The number of hydrogen-bond donors (Lipinski definition) is 1. The van der Waals surface area contributed by atoms with E-state index >= 15 is 0 Å². The minimum Gasteiger partial charge on any atom is -0.302 e. The van der Waals surface area contributed by atoms with Gasteiger partial charge in [0, 0.05) is 13.6 Å². The van der Waals surface area contributed by atoms with Crippen molar-refractivity contribution in [1.82, 2.24) is 9.29 Å². The van der Waals surface area contributed by atoms with Crippen LogP contribution in [0.3, 0.4) is 0 Å². The molecule has 132 valence electrons. The monoisotopic (exact) mass is 380 g/mol. The first-order chi connectivity index (χ1) is 11.9. The summed E-state index contributed by atoms with van der Waals surface area (Å²) in [6.45, 7) is 0.281. The molecule has 1 N–H and O–H groups in total. The van der Waals surface area contributed by atoms with Gasteiger partial charge >= 0.3 is 4.87 Å². The molecule has 0 spiro atoms. The fourth-order valence-electron chi connectivity index (χ4n) is 2.51. The zero-order chi connectivity index (χ0) is 18.0. The van der Waals surface area contributed by atoms with E-state index in [-0.39, 0.29) is 22.1 Å². The average molecular weight is 380 g/mol. The molecule has 0 bridgehead atoms. The number of nitrogens with one attached hydrogen (secondary N) is 1. The van der Waals surface area contributed by atoms with Gasteiger partial charge in [-0.15, -0.1) is 0 Å². The molecule has 0 amide bonds. The minimum atomic E-state index is -3.63. The van der Waals surface area contributed by atoms with E-state index in [2.05, 4.69) is 4.72 Å². The van der Waals surface area contributed by atoms with Crippen LogP contribution in [-0.2, 0) is 23.5 Å². The number of hydrogen-bond acceptors (Lipinski definition) is 4. The average Bonchev–Trinajstić information content (AvgIpc) is 2.87. The smallest absolute Gasteiger partial charge is 0.302 e. The fraction of sp³-hybridized carbons (Fsp3) is 0.235.